The van der Waals surface area contributed by atoms with Crippen molar-refractivity contribution < 1.29 is 22.7 Å². The first kappa shape index (κ1) is 15.2. The summed E-state index contributed by atoms with van der Waals surface area (Å²) >= 11 is 5.63. The van der Waals surface area contributed by atoms with Gasteiger partial charge in [-0.15, -0.1) is 10.2 Å². The molecule has 2 aromatic heterocycles. The molecule has 0 amide bonds. The Kier molecular flexibility index (Phi) is 4.12. The van der Waals surface area contributed by atoms with E-state index in [1.807, 2.05) is 0 Å². The fraction of sp³-hybridized carbons (Fsp3) is 0.273. The molecule has 10 heteroatoms. The first-order chi connectivity index (χ1) is 9.81. The number of aromatic nitrogens is 4. The summed E-state index contributed by atoms with van der Waals surface area (Å²) in [5.41, 5.74) is -1.10. The largest absolute Gasteiger partial charge is 0.435 e. The molecule has 112 valence electrons. The molecule has 0 atom stereocenters. The molecule has 0 spiro atoms. The highest BCUT2D eigenvalue weighted by atomic mass is 35.5. The number of carbonyl (C=O) groups is 1. The molecule has 0 aliphatic carbocycles. The van der Waals surface area contributed by atoms with Crippen molar-refractivity contribution in [2.75, 3.05) is 0 Å². The first-order valence-corrected chi connectivity index (χ1v) is 6.06. The van der Waals surface area contributed by atoms with E-state index in [-0.39, 0.29) is 23.1 Å². The van der Waals surface area contributed by atoms with Crippen LogP contribution in [0.3, 0.4) is 0 Å². The van der Waals surface area contributed by atoms with Crippen LogP contribution in [0.4, 0.5) is 13.2 Å². The van der Waals surface area contributed by atoms with Crippen LogP contribution in [-0.4, -0.2) is 25.9 Å². The van der Waals surface area contributed by atoms with Gasteiger partial charge in [-0.2, -0.15) is 18.3 Å². The van der Waals surface area contributed by atoms with E-state index in [1.54, 1.807) is 6.92 Å². The topological polar surface area (TPSA) is 69.9 Å². The van der Waals surface area contributed by atoms with Crippen LogP contribution in [-0.2, 0) is 11.0 Å². The minimum Gasteiger partial charge on any atom is -0.422 e. The van der Waals surface area contributed by atoms with Crippen molar-refractivity contribution in [3.05, 3.63) is 29.2 Å². The zero-order chi connectivity index (χ0) is 15.6. The quantitative estimate of drug-likeness (QED) is 0.813. The maximum absolute atomic E-state index is 12.5. The Hall–Kier alpha value is -2.16. The Bertz CT molecular complexity index is 672. The van der Waals surface area contributed by atoms with Gasteiger partial charge in [0.05, 0.1) is 0 Å². The fourth-order valence-electron chi connectivity index (χ4n) is 1.37. The van der Waals surface area contributed by atoms with Gasteiger partial charge in [0.1, 0.15) is 0 Å². The second-order valence-corrected chi connectivity index (χ2v) is 4.21. The van der Waals surface area contributed by atoms with Crippen molar-refractivity contribution in [1.82, 2.24) is 20.0 Å². The van der Waals surface area contributed by atoms with E-state index in [1.165, 1.54) is 6.07 Å². The van der Waals surface area contributed by atoms with Gasteiger partial charge in [0.15, 0.2) is 16.6 Å². The normalized spacial score (nSPS) is 11.5. The van der Waals surface area contributed by atoms with Crippen LogP contribution in [0.5, 0.6) is 5.75 Å². The molecule has 0 aromatic carbocycles. The van der Waals surface area contributed by atoms with Gasteiger partial charge in [-0.1, -0.05) is 18.5 Å². The summed E-state index contributed by atoms with van der Waals surface area (Å²) in [5.74, 6) is -0.890. The lowest BCUT2D eigenvalue weighted by Crippen LogP contribution is -2.12. The number of carbonyl (C=O) groups excluding carboxylic acids is 1. The van der Waals surface area contributed by atoms with E-state index in [0.717, 1.165) is 16.9 Å². The summed E-state index contributed by atoms with van der Waals surface area (Å²) in [6.45, 7) is 1.56. The van der Waals surface area contributed by atoms with Gasteiger partial charge in [0, 0.05) is 18.7 Å². The number of halogens is 4. The van der Waals surface area contributed by atoms with Crippen LogP contribution >= 0.6 is 11.6 Å². The van der Waals surface area contributed by atoms with Gasteiger partial charge < -0.3 is 4.74 Å². The summed E-state index contributed by atoms with van der Waals surface area (Å²) in [6, 6.07) is 1.94. The SMILES string of the molecule is CCC(=O)Oc1cc(Cl)nnc1-n1ccc(C(F)(F)F)n1. The Morgan fingerprint density at radius 3 is 2.71 bits per heavy atom. The van der Waals surface area contributed by atoms with Crippen molar-refractivity contribution in [3.8, 4) is 11.6 Å². The van der Waals surface area contributed by atoms with Crippen molar-refractivity contribution >= 4 is 17.6 Å². The highest BCUT2D eigenvalue weighted by Gasteiger charge is 2.34. The molecule has 0 saturated heterocycles. The molecule has 0 aliphatic heterocycles. The van der Waals surface area contributed by atoms with Gasteiger partial charge >= 0.3 is 12.1 Å². The maximum atomic E-state index is 12.5. The molecular weight excluding hydrogens is 313 g/mol. The Balaban J connectivity index is 2.43. The smallest absolute Gasteiger partial charge is 0.422 e. The average molecular weight is 321 g/mol. The molecule has 6 nitrogen and oxygen atoms in total. The van der Waals surface area contributed by atoms with Gasteiger partial charge in [0.2, 0.25) is 5.82 Å². The summed E-state index contributed by atoms with van der Waals surface area (Å²) in [5, 5.41) is 10.4. The van der Waals surface area contributed by atoms with Gasteiger partial charge in [-0.3, -0.25) is 4.79 Å². The molecule has 21 heavy (non-hydrogen) atoms. The van der Waals surface area contributed by atoms with Gasteiger partial charge in [0.25, 0.3) is 0 Å². The maximum Gasteiger partial charge on any atom is 0.435 e. The van der Waals surface area contributed by atoms with Crippen molar-refractivity contribution in [2.24, 2.45) is 0 Å². The number of ether oxygens (including phenoxy) is 1. The van der Waals surface area contributed by atoms with Crippen molar-refractivity contribution in [3.63, 3.8) is 0 Å². The monoisotopic (exact) mass is 320 g/mol. The number of hydrogen-bond donors (Lipinski definition) is 0. The lowest BCUT2D eigenvalue weighted by atomic mass is 10.4. The lowest BCUT2D eigenvalue weighted by Gasteiger charge is -2.08. The molecule has 0 saturated carbocycles. The summed E-state index contributed by atoms with van der Waals surface area (Å²) in [6.07, 6.45) is -3.48. The number of hydrogen-bond acceptors (Lipinski definition) is 5. The number of nitrogens with zero attached hydrogens (tertiary/aromatic N) is 4. The van der Waals surface area contributed by atoms with Crippen LogP contribution in [0.15, 0.2) is 18.3 Å². The zero-order valence-electron chi connectivity index (χ0n) is 10.6. The van der Waals surface area contributed by atoms with E-state index in [9.17, 15) is 18.0 Å². The molecule has 2 rings (SSSR count). The molecule has 2 heterocycles. The van der Waals surface area contributed by atoms with Crippen LogP contribution in [0.1, 0.15) is 19.0 Å². The second-order valence-electron chi connectivity index (χ2n) is 3.83. The summed E-state index contributed by atoms with van der Waals surface area (Å²) in [4.78, 5) is 11.3. The van der Waals surface area contributed by atoms with Crippen LogP contribution in [0.25, 0.3) is 5.82 Å². The lowest BCUT2D eigenvalue weighted by molar-refractivity contribution is -0.141. The van der Waals surface area contributed by atoms with E-state index >= 15 is 0 Å². The van der Waals surface area contributed by atoms with Crippen LogP contribution < -0.4 is 4.74 Å². The van der Waals surface area contributed by atoms with Crippen LogP contribution in [0, 0.1) is 0 Å². The van der Waals surface area contributed by atoms with E-state index < -0.39 is 17.8 Å². The highest BCUT2D eigenvalue weighted by Crippen LogP contribution is 2.29. The molecule has 2 aromatic rings. The predicted molar refractivity (Wildman–Crippen MR) is 65.1 cm³/mol. The Morgan fingerprint density at radius 1 is 1.43 bits per heavy atom. The molecule has 0 aliphatic rings. The number of alkyl halides is 3. The number of esters is 1. The third-order valence-corrected chi connectivity index (χ3v) is 2.50. The fourth-order valence-corrected chi connectivity index (χ4v) is 1.50. The number of rotatable bonds is 3. The van der Waals surface area contributed by atoms with Gasteiger partial charge in [-0.05, 0) is 6.07 Å². The second kappa shape index (κ2) is 5.68. The first-order valence-electron chi connectivity index (χ1n) is 5.68. The zero-order valence-corrected chi connectivity index (χ0v) is 11.3. The Morgan fingerprint density at radius 2 is 2.14 bits per heavy atom. The highest BCUT2D eigenvalue weighted by molar-refractivity contribution is 6.29. The third kappa shape index (κ3) is 3.48. The summed E-state index contributed by atoms with van der Waals surface area (Å²) < 4.78 is 43.4. The molecule has 0 unspecified atom stereocenters. The van der Waals surface area contributed by atoms with Crippen molar-refractivity contribution in [2.45, 2.75) is 19.5 Å². The Labute approximate surface area is 121 Å². The molecule has 0 bridgehead atoms. The van der Waals surface area contributed by atoms with E-state index in [2.05, 4.69) is 15.3 Å². The molecule has 0 N–H and O–H groups in total. The minimum atomic E-state index is -4.59. The third-order valence-electron chi connectivity index (χ3n) is 2.32. The standard InChI is InChI=1S/C11H8ClF3N4O2/c1-2-9(20)21-6-5-8(12)16-17-10(6)19-4-3-7(18-19)11(13,14)15/h3-5H,2H2,1H3. The molecule has 0 fully saturated rings. The molecule has 0 radical (unpaired) electrons. The van der Waals surface area contributed by atoms with Gasteiger partial charge in [-0.25, -0.2) is 4.68 Å². The molecular formula is C11H8ClF3N4O2. The van der Waals surface area contributed by atoms with E-state index in [0.29, 0.717) is 0 Å². The average Bonchev–Trinajstić information content (AvgIpc) is 2.88. The summed E-state index contributed by atoms with van der Waals surface area (Å²) in [7, 11) is 0. The predicted octanol–water partition coefficient (Wildman–Crippen LogP) is 2.65. The van der Waals surface area contributed by atoms with Crippen molar-refractivity contribution in [1.29, 1.82) is 0 Å². The van der Waals surface area contributed by atoms with Crippen LogP contribution in [0.2, 0.25) is 5.15 Å². The van der Waals surface area contributed by atoms with E-state index in [4.69, 9.17) is 16.3 Å². The minimum absolute atomic E-state index is 0.0687.